The van der Waals surface area contributed by atoms with Gasteiger partial charge in [0.25, 0.3) is 5.89 Å². The summed E-state index contributed by atoms with van der Waals surface area (Å²) in [7, 11) is 0. The summed E-state index contributed by atoms with van der Waals surface area (Å²) < 4.78 is 5.71. The number of nitrogens with zero attached hydrogens (tertiary/aromatic N) is 3. The third kappa shape index (κ3) is 4.08. The largest absolute Gasteiger partial charge is 0.351 e. The Balaban J connectivity index is 1.79. The van der Waals surface area contributed by atoms with Gasteiger partial charge >= 0.3 is 0 Å². The van der Waals surface area contributed by atoms with Gasteiger partial charge in [0.1, 0.15) is 0 Å². The molecule has 150 valence electrons. The van der Waals surface area contributed by atoms with Crippen molar-refractivity contribution in [3.63, 3.8) is 0 Å². The molecule has 0 radical (unpaired) electrons. The number of thiophene rings is 1. The maximum absolute atomic E-state index is 6.10. The molecule has 4 rings (SSSR count). The molecule has 0 amide bonds. The van der Waals surface area contributed by atoms with E-state index in [2.05, 4.69) is 29.2 Å². The summed E-state index contributed by atoms with van der Waals surface area (Å²) in [4.78, 5) is 7.79. The van der Waals surface area contributed by atoms with Gasteiger partial charge in [0, 0.05) is 17.3 Å². The summed E-state index contributed by atoms with van der Waals surface area (Å²) in [6.45, 7) is 5.08. The molecule has 0 saturated heterocycles. The Morgan fingerprint density at radius 3 is 2.76 bits per heavy atom. The number of hydrogen-bond acceptors (Lipinski definition) is 5. The standard InChI is InChI=1S/C21H21ClN4OS2/c1-3-4-11-26-13(2)17(20-24-19(25-27-20)16-6-5-12-29-16)18(23-21(26)28)14-7-9-15(22)10-8-14/h5-10,12,18H,3-4,11H2,1-2H3,(H,23,28). The summed E-state index contributed by atoms with van der Waals surface area (Å²) in [6.07, 6.45) is 2.13. The predicted molar refractivity (Wildman–Crippen MR) is 122 cm³/mol. The zero-order chi connectivity index (χ0) is 20.4. The first-order valence-corrected chi connectivity index (χ1v) is 11.2. The second-order valence-corrected chi connectivity index (χ2v) is 8.61. The average Bonchev–Trinajstić information content (AvgIpc) is 3.40. The molecule has 29 heavy (non-hydrogen) atoms. The molecule has 5 nitrogen and oxygen atoms in total. The molecule has 0 aliphatic carbocycles. The molecule has 3 heterocycles. The summed E-state index contributed by atoms with van der Waals surface area (Å²) in [5.41, 5.74) is 3.01. The zero-order valence-electron chi connectivity index (χ0n) is 16.2. The predicted octanol–water partition coefficient (Wildman–Crippen LogP) is 5.91. The number of unbranched alkanes of at least 4 members (excludes halogenated alkanes) is 1. The van der Waals surface area contributed by atoms with Gasteiger partial charge in [-0.05, 0) is 54.7 Å². The lowest BCUT2D eigenvalue weighted by Crippen LogP contribution is -2.46. The van der Waals surface area contributed by atoms with Crippen LogP contribution in [0.3, 0.4) is 0 Å². The summed E-state index contributed by atoms with van der Waals surface area (Å²) in [5.74, 6) is 1.10. The van der Waals surface area contributed by atoms with E-state index in [0.717, 1.165) is 41.1 Å². The van der Waals surface area contributed by atoms with Crippen molar-refractivity contribution < 1.29 is 4.52 Å². The highest BCUT2D eigenvalue weighted by molar-refractivity contribution is 7.80. The number of benzene rings is 1. The van der Waals surface area contributed by atoms with Gasteiger partial charge in [-0.15, -0.1) is 11.3 Å². The number of nitrogens with one attached hydrogen (secondary N) is 1. The third-order valence-electron chi connectivity index (χ3n) is 4.93. The van der Waals surface area contributed by atoms with Gasteiger partial charge in [-0.2, -0.15) is 4.98 Å². The Morgan fingerprint density at radius 2 is 2.07 bits per heavy atom. The van der Waals surface area contributed by atoms with Crippen LogP contribution in [0.1, 0.15) is 44.2 Å². The van der Waals surface area contributed by atoms with E-state index in [9.17, 15) is 0 Å². The van der Waals surface area contributed by atoms with Gasteiger partial charge < -0.3 is 14.7 Å². The monoisotopic (exact) mass is 444 g/mol. The van der Waals surface area contributed by atoms with Gasteiger partial charge in [-0.25, -0.2) is 0 Å². The van der Waals surface area contributed by atoms with Crippen molar-refractivity contribution in [2.75, 3.05) is 6.54 Å². The molecule has 1 N–H and O–H groups in total. The lowest BCUT2D eigenvalue weighted by Gasteiger charge is -2.37. The molecular weight excluding hydrogens is 424 g/mol. The quantitative estimate of drug-likeness (QED) is 0.476. The van der Waals surface area contributed by atoms with Crippen LogP contribution >= 0.6 is 35.2 Å². The van der Waals surface area contributed by atoms with Crippen LogP contribution in [0.4, 0.5) is 0 Å². The summed E-state index contributed by atoms with van der Waals surface area (Å²) in [5, 5.41) is 11.1. The van der Waals surface area contributed by atoms with E-state index in [-0.39, 0.29) is 6.04 Å². The molecule has 0 fully saturated rings. The maximum Gasteiger partial charge on any atom is 0.258 e. The minimum Gasteiger partial charge on any atom is -0.351 e. The Hall–Kier alpha value is -2.22. The first-order valence-electron chi connectivity index (χ1n) is 9.50. The maximum atomic E-state index is 6.10. The lowest BCUT2D eigenvalue weighted by molar-refractivity contribution is 0.395. The molecule has 1 aliphatic heterocycles. The Bertz CT molecular complexity index is 1030. The van der Waals surface area contributed by atoms with Crippen molar-refractivity contribution in [1.29, 1.82) is 0 Å². The molecule has 1 aliphatic rings. The van der Waals surface area contributed by atoms with E-state index >= 15 is 0 Å². The minimum atomic E-state index is -0.186. The van der Waals surface area contributed by atoms with Crippen molar-refractivity contribution in [3.05, 3.63) is 64.0 Å². The summed E-state index contributed by atoms with van der Waals surface area (Å²) in [6, 6.07) is 11.5. The highest BCUT2D eigenvalue weighted by atomic mass is 35.5. The van der Waals surface area contributed by atoms with Crippen molar-refractivity contribution in [2.45, 2.75) is 32.7 Å². The number of halogens is 1. The average molecular weight is 445 g/mol. The molecule has 0 bridgehead atoms. The van der Waals surface area contributed by atoms with E-state index in [1.165, 1.54) is 0 Å². The van der Waals surface area contributed by atoms with E-state index in [4.69, 9.17) is 33.3 Å². The fraction of sp³-hybridized carbons (Fsp3) is 0.286. The number of hydrogen-bond donors (Lipinski definition) is 1. The van der Waals surface area contributed by atoms with Crippen LogP contribution in [-0.2, 0) is 0 Å². The minimum absolute atomic E-state index is 0.186. The van der Waals surface area contributed by atoms with Crippen molar-refractivity contribution in [1.82, 2.24) is 20.4 Å². The fourth-order valence-electron chi connectivity index (χ4n) is 3.39. The van der Waals surface area contributed by atoms with Crippen molar-refractivity contribution in [2.24, 2.45) is 0 Å². The number of rotatable bonds is 6. The van der Waals surface area contributed by atoms with Gasteiger partial charge in [-0.3, -0.25) is 0 Å². The molecule has 2 aromatic heterocycles. The van der Waals surface area contributed by atoms with E-state index in [1.807, 2.05) is 41.8 Å². The van der Waals surface area contributed by atoms with E-state index in [1.54, 1.807) is 11.3 Å². The highest BCUT2D eigenvalue weighted by Gasteiger charge is 2.33. The zero-order valence-corrected chi connectivity index (χ0v) is 18.6. The topological polar surface area (TPSA) is 54.2 Å². The summed E-state index contributed by atoms with van der Waals surface area (Å²) >= 11 is 13.4. The van der Waals surface area contributed by atoms with Gasteiger partial charge in [0.2, 0.25) is 5.82 Å². The van der Waals surface area contributed by atoms with Crippen LogP contribution in [0.2, 0.25) is 5.02 Å². The molecule has 8 heteroatoms. The smallest absolute Gasteiger partial charge is 0.258 e. The lowest BCUT2D eigenvalue weighted by atomic mass is 9.95. The van der Waals surface area contributed by atoms with Crippen molar-refractivity contribution >= 4 is 45.8 Å². The first-order chi connectivity index (χ1) is 14.1. The Morgan fingerprint density at radius 1 is 1.28 bits per heavy atom. The van der Waals surface area contributed by atoms with Crippen LogP contribution in [0.5, 0.6) is 0 Å². The molecule has 0 spiro atoms. The van der Waals surface area contributed by atoms with Gasteiger partial charge in [-0.1, -0.05) is 48.3 Å². The van der Waals surface area contributed by atoms with Crippen LogP contribution < -0.4 is 5.32 Å². The van der Waals surface area contributed by atoms with Crippen LogP contribution in [0, 0.1) is 0 Å². The van der Waals surface area contributed by atoms with E-state index < -0.39 is 0 Å². The number of thiocarbonyl (C=S) groups is 1. The highest BCUT2D eigenvalue weighted by Crippen LogP contribution is 2.38. The van der Waals surface area contributed by atoms with E-state index in [0.29, 0.717) is 21.9 Å². The Kier molecular flexibility index (Phi) is 5.99. The SMILES string of the molecule is CCCCN1C(=S)NC(c2ccc(Cl)cc2)C(c2nc(-c3cccs3)no2)=C1C. The van der Waals surface area contributed by atoms with Gasteiger partial charge in [0.05, 0.1) is 16.5 Å². The van der Waals surface area contributed by atoms with Crippen molar-refractivity contribution in [3.8, 4) is 10.7 Å². The van der Waals surface area contributed by atoms with Crippen LogP contribution in [0.15, 0.2) is 52.0 Å². The number of aromatic nitrogens is 2. The molecule has 1 unspecified atom stereocenters. The fourth-order valence-corrected chi connectivity index (χ4v) is 4.51. The third-order valence-corrected chi connectivity index (χ3v) is 6.39. The molecular formula is C21H21ClN4OS2. The van der Waals surface area contributed by atoms with Crippen LogP contribution in [0.25, 0.3) is 16.3 Å². The first kappa shape index (κ1) is 20.1. The van der Waals surface area contributed by atoms with Crippen LogP contribution in [-0.4, -0.2) is 26.7 Å². The normalized spacial score (nSPS) is 17.0. The molecule has 3 aromatic rings. The molecule has 1 aromatic carbocycles. The second-order valence-electron chi connectivity index (χ2n) is 6.84. The van der Waals surface area contributed by atoms with Gasteiger partial charge in [0.15, 0.2) is 5.11 Å². The Labute approximate surface area is 184 Å². The number of allylic oxidation sites excluding steroid dienone is 1. The molecule has 0 saturated carbocycles. The molecule has 1 atom stereocenters. The second kappa shape index (κ2) is 8.65.